The number of hydrogen-bond acceptors (Lipinski definition) is 4. The molecule has 0 spiro atoms. The molecule has 28 heavy (non-hydrogen) atoms. The first-order valence-electron chi connectivity index (χ1n) is 8.79. The summed E-state index contributed by atoms with van der Waals surface area (Å²) >= 11 is 5.99. The van der Waals surface area contributed by atoms with E-state index >= 15 is 0 Å². The standard InChI is InChI=1S/C20H19ClN6O/c1-2-23-8-7-17(22)19-6-5-16-13-25(9-10-26(16)19)20(28)18-11-15-4-3-14(21)12-27(15)24-18/h2-8,11-12H,1,9-10,13,22H2/b17-7-,23-8-. The molecule has 0 fully saturated rings. The normalized spacial score (nSPS) is 14.6. The smallest absolute Gasteiger partial charge is 0.274 e. The predicted octanol–water partition coefficient (Wildman–Crippen LogP) is 2.96. The van der Waals surface area contributed by atoms with E-state index in [1.165, 1.54) is 6.20 Å². The second-order valence-corrected chi connectivity index (χ2v) is 6.87. The number of hydrogen-bond donors (Lipinski definition) is 1. The number of rotatable bonds is 4. The van der Waals surface area contributed by atoms with Gasteiger partial charge in [-0.05, 0) is 36.4 Å². The second kappa shape index (κ2) is 7.36. The van der Waals surface area contributed by atoms with Crippen LogP contribution in [0.4, 0.5) is 0 Å². The van der Waals surface area contributed by atoms with Crippen molar-refractivity contribution in [3.63, 3.8) is 0 Å². The summed E-state index contributed by atoms with van der Waals surface area (Å²) < 4.78 is 3.75. The molecule has 4 heterocycles. The van der Waals surface area contributed by atoms with Gasteiger partial charge in [-0.25, -0.2) is 4.52 Å². The molecule has 142 valence electrons. The first kappa shape index (κ1) is 18.1. The van der Waals surface area contributed by atoms with Crippen molar-refractivity contribution in [3.8, 4) is 0 Å². The van der Waals surface area contributed by atoms with E-state index in [9.17, 15) is 4.79 Å². The van der Waals surface area contributed by atoms with Gasteiger partial charge in [-0.1, -0.05) is 18.2 Å². The summed E-state index contributed by atoms with van der Waals surface area (Å²) in [5, 5.41) is 4.93. The number of allylic oxidation sites excluding steroid dienone is 1. The minimum atomic E-state index is -0.101. The van der Waals surface area contributed by atoms with Crippen LogP contribution in [0.25, 0.3) is 11.2 Å². The van der Waals surface area contributed by atoms with Crippen LogP contribution in [0, 0.1) is 0 Å². The van der Waals surface area contributed by atoms with Crippen LogP contribution in [0.3, 0.4) is 0 Å². The van der Waals surface area contributed by atoms with Gasteiger partial charge in [0.05, 0.1) is 28.5 Å². The first-order chi connectivity index (χ1) is 13.6. The molecule has 1 amide bonds. The van der Waals surface area contributed by atoms with Crippen molar-refractivity contribution < 1.29 is 4.79 Å². The number of nitrogens with two attached hydrogens (primary N) is 1. The molecule has 0 atom stereocenters. The zero-order valence-electron chi connectivity index (χ0n) is 15.1. The highest BCUT2D eigenvalue weighted by Crippen LogP contribution is 2.22. The van der Waals surface area contributed by atoms with Crippen molar-refractivity contribution in [1.29, 1.82) is 0 Å². The van der Waals surface area contributed by atoms with Crippen LogP contribution in [-0.2, 0) is 13.1 Å². The summed E-state index contributed by atoms with van der Waals surface area (Å²) in [5.74, 6) is -0.101. The maximum absolute atomic E-state index is 12.9. The molecule has 0 saturated carbocycles. The summed E-state index contributed by atoms with van der Waals surface area (Å²) in [6.45, 7) is 5.28. The van der Waals surface area contributed by atoms with Gasteiger partial charge in [-0.3, -0.25) is 9.79 Å². The van der Waals surface area contributed by atoms with Gasteiger partial charge in [0.1, 0.15) is 0 Å². The molecule has 1 aliphatic heterocycles. The quantitative estimate of drug-likeness (QED) is 0.691. The van der Waals surface area contributed by atoms with E-state index in [-0.39, 0.29) is 5.91 Å². The summed E-state index contributed by atoms with van der Waals surface area (Å²) in [7, 11) is 0. The molecular weight excluding hydrogens is 376 g/mol. The number of pyridine rings is 1. The Morgan fingerprint density at radius 1 is 1.29 bits per heavy atom. The van der Waals surface area contributed by atoms with Crippen molar-refractivity contribution in [3.05, 3.63) is 77.5 Å². The Kier molecular flexibility index (Phi) is 4.75. The highest BCUT2D eigenvalue weighted by molar-refractivity contribution is 6.30. The fourth-order valence-corrected chi connectivity index (χ4v) is 3.49. The third-order valence-electron chi connectivity index (χ3n) is 4.69. The van der Waals surface area contributed by atoms with Crippen molar-refractivity contribution in [1.82, 2.24) is 19.1 Å². The summed E-state index contributed by atoms with van der Waals surface area (Å²) in [4.78, 5) is 18.6. The Labute approximate surface area is 167 Å². The average Bonchev–Trinajstić information content (AvgIpc) is 3.30. The van der Waals surface area contributed by atoms with Crippen LogP contribution < -0.4 is 5.73 Å². The lowest BCUT2D eigenvalue weighted by atomic mass is 10.2. The molecule has 4 rings (SSSR count). The Hall–Kier alpha value is -3.32. The van der Waals surface area contributed by atoms with Crippen LogP contribution in [0.5, 0.6) is 0 Å². The van der Waals surface area contributed by atoms with Gasteiger partial charge in [0.15, 0.2) is 5.69 Å². The van der Waals surface area contributed by atoms with E-state index in [0.29, 0.717) is 36.0 Å². The number of carbonyl (C=O) groups excluding carboxylic acids is 1. The average molecular weight is 395 g/mol. The number of aliphatic imine (C=N–C) groups is 1. The van der Waals surface area contributed by atoms with Crippen LogP contribution in [0.15, 0.2) is 60.4 Å². The SMILES string of the molecule is C=C/N=C\C=C(/N)c1ccc2n1CCN(C(=O)c1cc3ccc(Cl)cn3n1)C2. The van der Waals surface area contributed by atoms with Gasteiger partial charge in [-0.2, -0.15) is 5.10 Å². The van der Waals surface area contributed by atoms with Crippen molar-refractivity contribution in [2.24, 2.45) is 10.7 Å². The molecule has 0 bridgehead atoms. The van der Waals surface area contributed by atoms with E-state index in [0.717, 1.165) is 16.9 Å². The minimum absolute atomic E-state index is 0.101. The largest absolute Gasteiger partial charge is 0.397 e. The van der Waals surface area contributed by atoms with Crippen LogP contribution >= 0.6 is 11.6 Å². The number of fused-ring (bicyclic) bond motifs is 2. The van der Waals surface area contributed by atoms with Gasteiger partial charge in [0.25, 0.3) is 5.91 Å². The summed E-state index contributed by atoms with van der Waals surface area (Å²) in [6.07, 6.45) is 6.49. The van der Waals surface area contributed by atoms with E-state index in [1.54, 1.807) is 40.0 Å². The molecule has 1 aliphatic rings. The van der Waals surface area contributed by atoms with E-state index in [2.05, 4.69) is 21.2 Å². The zero-order valence-corrected chi connectivity index (χ0v) is 15.9. The molecule has 0 aromatic carbocycles. The summed E-state index contributed by atoms with van der Waals surface area (Å²) in [6, 6.07) is 9.34. The predicted molar refractivity (Wildman–Crippen MR) is 110 cm³/mol. The molecule has 0 unspecified atom stereocenters. The molecule has 8 heteroatoms. The van der Waals surface area contributed by atoms with Crippen LogP contribution in [0.1, 0.15) is 21.9 Å². The maximum atomic E-state index is 12.9. The minimum Gasteiger partial charge on any atom is -0.397 e. The van der Waals surface area contributed by atoms with Gasteiger partial charge in [0.2, 0.25) is 0 Å². The molecule has 7 nitrogen and oxygen atoms in total. The third-order valence-corrected chi connectivity index (χ3v) is 4.91. The van der Waals surface area contributed by atoms with E-state index in [4.69, 9.17) is 17.3 Å². The van der Waals surface area contributed by atoms with Gasteiger partial charge in [-0.15, -0.1) is 0 Å². The topological polar surface area (TPSA) is 80.9 Å². The van der Waals surface area contributed by atoms with Crippen molar-refractivity contribution >= 4 is 34.9 Å². The lowest BCUT2D eigenvalue weighted by molar-refractivity contribution is 0.0704. The third kappa shape index (κ3) is 3.32. The Morgan fingerprint density at radius 2 is 2.14 bits per heavy atom. The first-order valence-corrected chi connectivity index (χ1v) is 9.17. The van der Waals surface area contributed by atoms with Crippen molar-refractivity contribution in [2.75, 3.05) is 6.54 Å². The maximum Gasteiger partial charge on any atom is 0.274 e. The highest BCUT2D eigenvalue weighted by Gasteiger charge is 2.25. The Balaban J connectivity index is 1.55. The number of nitrogens with zero attached hydrogens (tertiary/aromatic N) is 5. The van der Waals surface area contributed by atoms with Gasteiger partial charge >= 0.3 is 0 Å². The lowest BCUT2D eigenvalue weighted by Gasteiger charge is -2.29. The van der Waals surface area contributed by atoms with E-state index < -0.39 is 0 Å². The molecule has 0 aliphatic carbocycles. The molecule has 3 aromatic rings. The molecule has 0 saturated heterocycles. The lowest BCUT2D eigenvalue weighted by Crippen LogP contribution is -2.38. The Morgan fingerprint density at radius 3 is 2.96 bits per heavy atom. The van der Waals surface area contributed by atoms with Crippen LogP contribution in [-0.4, -0.2) is 37.7 Å². The highest BCUT2D eigenvalue weighted by atomic mass is 35.5. The van der Waals surface area contributed by atoms with Gasteiger partial charge < -0.3 is 15.2 Å². The molecular formula is C20H19ClN6O. The van der Waals surface area contributed by atoms with Crippen LogP contribution in [0.2, 0.25) is 5.02 Å². The monoisotopic (exact) mass is 394 g/mol. The zero-order chi connectivity index (χ0) is 19.7. The number of aromatic nitrogens is 3. The fourth-order valence-electron chi connectivity index (χ4n) is 3.33. The Bertz CT molecular complexity index is 1120. The summed E-state index contributed by atoms with van der Waals surface area (Å²) in [5.41, 5.74) is 9.95. The van der Waals surface area contributed by atoms with Crippen molar-refractivity contribution in [2.45, 2.75) is 13.1 Å². The molecule has 3 aromatic heterocycles. The number of halogens is 1. The van der Waals surface area contributed by atoms with E-state index in [1.807, 2.05) is 18.2 Å². The number of carbonyl (C=O) groups is 1. The number of amides is 1. The molecule has 0 radical (unpaired) electrons. The molecule has 2 N–H and O–H groups in total. The van der Waals surface area contributed by atoms with Gasteiger partial charge in [0, 0.05) is 37.4 Å². The second-order valence-electron chi connectivity index (χ2n) is 6.44. The fraction of sp³-hybridized carbons (Fsp3) is 0.150.